The van der Waals surface area contributed by atoms with Crippen molar-refractivity contribution in [2.75, 3.05) is 6.54 Å². The van der Waals surface area contributed by atoms with Crippen LogP contribution in [0.25, 0.3) is 10.9 Å². The molecule has 3 aromatic rings. The highest BCUT2D eigenvalue weighted by molar-refractivity contribution is 7.10. The fourth-order valence-corrected chi connectivity index (χ4v) is 5.08. The van der Waals surface area contributed by atoms with Crippen LogP contribution in [-0.4, -0.2) is 33.9 Å². The number of fused-ring (bicyclic) bond motifs is 2. The topological polar surface area (TPSA) is 54.3 Å². The Morgan fingerprint density at radius 3 is 2.90 bits per heavy atom. The van der Waals surface area contributed by atoms with Crippen molar-refractivity contribution in [3.8, 4) is 0 Å². The van der Waals surface area contributed by atoms with E-state index >= 15 is 0 Å². The summed E-state index contributed by atoms with van der Waals surface area (Å²) in [7, 11) is 1.99. The molecule has 1 aliphatic heterocycles. The van der Waals surface area contributed by atoms with Gasteiger partial charge in [0, 0.05) is 42.1 Å². The first kappa shape index (κ1) is 19.7. The Morgan fingerprint density at radius 2 is 2.07 bits per heavy atom. The molecule has 2 amide bonds. The lowest BCUT2D eigenvalue weighted by Crippen LogP contribution is -2.50. The number of hydrogen-bond acceptors (Lipinski definition) is 3. The minimum atomic E-state index is -0.456. The second-order valence-electron chi connectivity index (χ2n) is 7.75. The van der Waals surface area contributed by atoms with Gasteiger partial charge in [-0.1, -0.05) is 31.5 Å². The zero-order valence-corrected chi connectivity index (χ0v) is 17.8. The van der Waals surface area contributed by atoms with E-state index in [1.807, 2.05) is 47.8 Å². The highest BCUT2D eigenvalue weighted by Gasteiger charge is 2.28. The molecular weight excluding hydrogens is 382 g/mol. The van der Waals surface area contributed by atoms with Gasteiger partial charge in [-0.3, -0.25) is 9.59 Å². The van der Waals surface area contributed by atoms with Crippen molar-refractivity contribution in [2.24, 2.45) is 7.05 Å². The second kappa shape index (κ2) is 8.41. The van der Waals surface area contributed by atoms with Gasteiger partial charge in [-0.25, -0.2) is 0 Å². The molecule has 6 heteroatoms. The maximum atomic E-state index is 13.1. The lowest BCUT2D eigenvalue weighted by molar-refractivity contribution is -0.137. The van der Waals surface area contributed by atoms with E-state index in [1.165, 1.54) is 10.4 Å². The first-order valence-corrected chi connectivity index (χ1v) is 11.1. The van der Waals surface area contributed by atoms with Gasteiger partial charge in [-0.05, 0) is 41.5 Å². The van der Waals surface area contributed by atoms with Gasteiger partial charge in [0.15, 0.2) is 0 Å². The predicted molar refractivity (Wildman–Crippen MR) is 117 cm³/mol. The number of hydrogen-bond donors (Lipinski definition) is 1. The van der Waals surface area contributed by atoms with Gasteiger partial charge in [-0.2, -0.15) is 0 Å². The normalized spacial score (nSPS) is 14.6. The van der Waals surface area contributed by atoms with Crippen molar-refractivity contribution >= 4 is 34.1 Å². The molecule has 0 radical (unpaired) electrons. The van der Waals surface area contributed by atoms with E-state index in [2.05, 4.69) is 22.8 Å². The van der Waals surface area contributed by atoms with Crippen molar-refractivity contribution in [2.45, 2.75) is 45.2 Å². The summed E-state index contributed by atoms with van der Waals surface area (Å²) >= 11 is 1.76. The molecule has 152 valence electrons. The third-order valence-electron chi connectivity index (χ3n) is 5.66. The minimum Gasteiger partial charge on any atom is -0.350 e. The number of aryl methyl sites for hydroxylation is 1. The largest absolute Gasteiger partial charge is 0.350 e. The van der Waals surface area contributed by atoms with Crippen LogP contribution in [0.5, 0.6) is 0 Å². The van der Waals surface area contributed by atoms with Gasteiger partial charge in [-0.15, -0.1) is 11.3 Å². The molecule has 5 nitrogen and oxygen atoms in total. The van der Waals surface area contributed by atoms with E-state index in [0.29, 0.717) is 13.0 Å². The lowest BCUT2D eigenvalue weighted by atomic mass is 10.1. The van der Waals surface area contributed by atoms with Gasteiger partial charge in [0.2, 0.25) is 11.8 Å². The summed E-state index contributed by atoms with van der Waals surface area (Å²) < 4.78 is 2.04. The maximum absolute atomic E-state index is 13.1. The van der Waals surface area contributed by atoms with Crippen LogP contribution in [0.3, 0.4) is 0 Å². The molecular formula is C23H27N3O2S. The molecule has 0 bridgehead atoms. The highest BCUT2D eigenvalue weighted by Crippen LogP contribution is 2.25. The molecule has 3 heterocycles. The number of nitrogens with zero attached hydrogens (tertiary/aromatic N) is 2. The zero-order valence-electron chi connectivity index (χ0n) is 17.0. The summed E-state index contributed by atoms with van der Waals surface area (Å²) in [6.07, 6.45) is 4.70. The average Bonchev–Trinajstić information content (AvgIpc) is 3.31. The molecule has 29 heavy (non-hydrogen) atoms. The Morgan fingerprint density at radius 1 is 1.24 bits per heavy atom. The molecule has 0 saturated carbocycles. The average molecular weight is 410 g/mol. The third-order valence-corrected chi connectivity index (χ3v) is 6.68. The molecule has 1 atom stereocenters. The molecule has 1 aromatic carbocycles. The van der Waals surface area contributed by atoms with E-state index < -0.39 is 6.04 Å². The van der Waals surface area contributed by atoms with Crippen molar-refractivity contribution in [3.05, 3.63) is 57.9 Å². The Balaban J connectivity index is 1.45. The molecule has 1 N–H and O–H groups in total. The van der Waals surface area contributed by atoms with E-state index in [-0.39, 0.29) is 18.2 Å². The molecule has 0 spiro atoms. The standard InChI is InChI=1S/C23H27N3O2S/c1-3-6-19(23(28)26-11-9-21-16(15-26)10-12-29-21)24-22(27)13-17-14-25(2)20-8-5-4-7-18(17)20/h4-5,7-8,10,12,14,19H,3,6,9,11,13,15H2,1-2H3,(H,24,27). The summed E-state index contributed by atoms with van der Waals surface area (Å²) in [4.78, 5) is 29.2. The first-order chi connectivity index (χ1) is 14.1. The Kier molecular flexibility index (Phi) is 5.72. The van der Waals surface area contributed by atoms with Crippen LogP contribution in [-0.2, 0) is 36.0 Å². The highest BCUT2D eigenvalue weighted by atomic mass is 32.1. The first-order valence-electron chi connectivity index (χ1n) is 10.2. The Labute approximate surface area is 175 Å². The maximum Gasteiger partial charge on any atom is 0.245 e. The second-order valence-corrected chi connectivity index (χ2v) is 8.75. The smallest absolute Gasteiger partial charge is 0.245 e. The van der Waals surface area contributed by atoms with Gasteiger partial charge >= 0.3 is 0 Å². The van der Waals surface area contributed by atoms with Crippen LogP contribution >= 0.6 is 11.3 Å². The predicted octanol–water partition coefficient (Wildman–Crippen LogP) is 3.65. The Hall–Kier alpha value is -2.60. The number of carbonyl (C=O) groups excluding carboxylic acids is 2. The van der Waals surface area contributed by atoms with Gasteiger partial charge < -0.3 is 14.8 Å². The molecule has 0 saturated heterocycles. The monoisotopic (exact) mass is 409 g/mol. The van der Waals surface area contributed by atoms with Crippen molar-refractivity contribution in [1.29, 1.82) is 0 Å². The van der Waals surface area contributed by atoms with Crippen LogP contribution in [0.4, 0.5) is 0 Å². The summed E-state index contributed by atoms with van der Waals surface area (Å²) in [5.41, 5.74) is 3.34. The number of para-hydroxylation sites is 1. The van der Waals surface area contributed by atoms with E-state index in [1.54, 1.807) is 11.3 Å². The summed E-state index contributed by atoms with van der Waals surface area (Å²) in [6, 6.07) is 9.73. The van der Waals surface area contributed by atoms with Gasteiger partial charge in [0.25, 0.3) is 0 Å². The van der Waals surface area contributed by atoms with Crippen molar-refractivity contribution in [3.63, 3.8) is 0 Å². The lowest BCUT2D eigenvalue weighted by Gasteiger charge is -2.31. The fourth-order valence-electron chi connectivity index (χ4n) is 4.19. The number of amides is 2. The Bertz CT molecular complexity index is 1040. The van der Waals surface area contributed by atoms with Crippen LogP contribution in [0.1, 0.15) is 35.8 Å². The van der Waals surface area contributed by atoms with Crippen LogP contribution in [0.15, 0.2) is 41.9 Å². The van der Waals surface area contributed by atoms with Gasteiger partial charge in [0.05, 0.1) is 6.42 Å². The number of nitrogens with one attached hydrogen (secondary N) is 1. The van der Waals surface area contributed by atoms with E-state index in [4.69, 9.17) is 0 Å². The fraction of sp³-hybridized carbons (Fsp3) is 0.391. The molecule has 1 unspecified atom stereocenters. The number of rotatable bonds is 6. The van der Waals surface area contributed by atoms with Crippen LogP contribution in [0, 0.1) is 0 Å². The molecule has 4 rings (SSSR count). The summed E-state index contributed by atoms with van der Waals surface area (Å²) in [5, 5.41) is 6.20. The molecule has 1 aliphatic rings. The van der Waals surface area contributed by atoms with Crippen LogP contribution < -0.4 is 5.32 Å². The molecule has 0 aliphatic carbocycles. The quantitative estimate of drug-likeness (QED) is 0.676. The van der Waals surface area contributed by atoms with E-state index in [9.17, 15) is 9.59 Å². The number of thiophene rings is 1. The van der Waals surface area contributed by atoms with Gasteiger partial charge in [0.1, 0.15) is 6.04 Å². The number of aromatic nitrogens is 1. The molecule has 2 aromatic heterocycles. The molecule has 0 fully saturated rings. The van der Waals surface area contributed by atoms with Crippen molar-refractivity contribution < 1.29 is 9.59 Å². The zero-order chi connectivity index (χ0) is 20.4. The van der Waals surface area contributed by atoms with Crippen molar-refractivity contribution in [1.82, 2.24) is 14.8 Å². The van der Waals surface area contributed by atoms with Crippen LogP contribution in [0.2, 0.25) is 0 Å². The minimum absolute atomic E-state index is 0.0370. The van der Waals surface area contributed by atoms with E-state index in [0.717, 1.165) is 35.9 Å². The summed E-state index contributed by atoms with van der Waals surface area (Å²) in [5.74, 6) is -0.0589. The number of carbonyl (C=O) groups is 2. The third kappa shape index (κ3) is 4.08. The number of benzene rings is 1. The summed E-state index contributed by atoms with van der Waals surface area (Å²) in [6.45, 7) is 3.42. The SMILES string of the molecule is CCCC(NC(=O)Cc1cn(C)c2ccccc12)C(=O)N1CCc2sccc2C1.